The molecule has 2 aromatic rings. The quantitative estimate of drug-likeness (QED) is 0.520. The molecule has 0 spiro atoms. The van der Waals surface area contributed by atoms with E-state index < -0.39 is 0 Å². The van der Waals surface area contributed by atoms with E-state index >= 15 is 0 Å². The number of benzene rings is 1. The number of nitrogen functional groups attached to an aromatic ring is 1. The first-order valence-corrected chi connectivity index (χ1v) is 7.20. The molecular formula is C13H12Cl2N2OS. The van der Waals surface area contributed by atoms with Crippen molar-refractivity contribution < 1.29 is 4.74 Å². The van der Waals surface area contributed by atoms with Gasteiger partial charge in [0.05, 0.1) is 7.11 Å². The number of nitrogens with zero attached hydrogens (tertiary/aromatic N) is 1. The molecule has 100 valence electrons. The van der Waals surface area contributed by atoms with Gasteiger partial charge in [0.2, 0.25) is 0 Å². The lowest BCUT2D eigenvalue weighted by atomic mass is 10.3. The van der Waals surface area contributed by atoms with Gasteiger partial charge < -0.3 is 10.5 Å². The average Bonchev–Trinajstić information content (AvgIpc) is 2.39. The zero-order valence-electron chi connectivity index (χ0n) is 10.2. The number of anilines is 1. The number of halogens is 2. The summed E-state index contributed by atoms with van der Waals surface area (Å²) in [6, 6.07) is 7.18. The first kappa shape index (κ1) is 14.3. The molecule has 6 heteroatoms. The van der Waals surface area contributed by atoms with E-state index in [1.165, 1.54) is 0 Å². The SMILES string of the molecule is COc1ccc(N)c(SCc2cnc(Cl)cc2Cl)c1. The summed E-state index contributed by atoms with van der Waals surface area (Å²) in [7, 11) is 1.62. The molecule has 0 aliphatic rings. The molecule has 19 heavy (non-hydrogen) atoms. The summed E-state index contributed by atoms with van der Waals surface area (Å²) in [6.45, 7) is 0. The van der Waals surface area contributed by atoms with Crippen molar-refractivity contribution in [3.8, 4) is 5.75 Å². The van der Waals surface area contributed by atoms with Crippen molar-refractivity contribution >= 4 is 40.7 Å². The first-order valence-electron chi connectivity index (χ1n) is 5.46. The Kier molecular flexibility index (Phi) is 4.80. The summed E-state index contributed by atoms with van der Waals surface area (Å²) >= 11 is 13.4. The van der Waals surface area contributed by atoms with Crippen molar-refractivity contribution in [2.45, 2.75) is 10.6 Å². The molecule has 3 nitrogen and oxygen atoms in total. The Balaban J connectivity index is 2.14. The summed E-state index contributed by atoms with van der Waals surface area (Å²) in [5, 5.41) is 0.994. The minimum Gasteiger partial charge on any atom is -0.497 e. The van der Waals surface area contributed by atoms with Crippen molar-refractivity contribution in [2.24, 2.45) is 0 Å². The minimum atomic E-state index is 0.389. The highest BCUT2D eigenvalue weighted by molar-refractivity contribution is 7.98. The smallest absolute Gasteiger partial charge is 0.130 e. The van der Waals surface area contributed by atoms with Gasteiger partial charge in [-0.3, -0.25) is 0 Å². The van der Waals surface area contributed by atoms with E-state index in [2.05, 4.69) is 4.98 Å². The maximum atomic E-state index is 6.10. The van der Waals surface area contributed by atoms with E-state index in [1.807, 2.05) is 18.2 Å². The molecule has 2 rings (SSSR count). The largest absolute Gasteiger partial charge is 0.497 e. The van der Waals surface area contributed by atoms with Gasteiger partial charge in [0.25, 0.3) is 0 Å². The van der Waals surface area contributed by atoms with Gasteiger partial charge in [0, 0.05) is 27.6 Å². The van der Waals surface area contributed by atoms with Gasteiger partial charge in [-0.1, -0.05) is 23.2 Å². The van der Waals surface area contributed by atoms with Crippen LogP contribution in [-0.2, 0) is 5.75 Å². The Labute approximate surface area is 126 Å². The summed E-state index contributed by atoms with van der Waals surface area (Å²) < 4.78 is 5.18. The number of thioether (sulfide) groups is 1. The molecule has 0 fully saturated rings. The minimum absolute atomic E-state index is 0.389. The molecule has 0 amide bonds. The van der Waals surface area contributed by atoms with Crippen LogP contribution in [0, 0.1) is 0 Å². The van der Waals surface area contributed by atoms with Crippen LogP contribution in [0.3, 0.4) is 0 Å². The maximum Gasteiger partial charge on any atom is 0.130 e. The lowest BCUT2D eigenvalue weighted by Crippen LogP contribution is -1.92. The van der Waals surface area contributed by atoms with Crippen LogP contribution in [0.4, 0.5) is 5.69 Å². The molecule has 0 aliphatic heterocycles. The molecule has 0 atom stereocenters. The number of ether oxygens (including phenoxy) is 1. The summed E-state index contributed by atoms with van der Waals surface area (Å²) in [4.78, 5) is 4.97. The fourth-order valence-electron chi connectivity index (χ4n) is 1.46. The van der Waals surface area contributed by atoms with Crippen molar-refractivity contribution in [1.82, 2.24) is 4.98 Å². The molecule has 1 aromatic carbocycles. The standard InChI is InChI=1S/C13H12Cl2N2OS/c1-18-9-2-3-11(16)12(4-9)19-7-8-6-17-13(15)5-10(8)14/h2-6H,7,16H2,1H3. The predicted octanol–water partition coefficient (Wildman–Crippen LogP) is 4.27. The molecule has 1 heterocycles. The molecule has 0 aliphatic carbocycles. The van der Waals surface area contributed by atoms with Gasteiger partial charge in [0.15, 0.2) is 0 Å². The molecule has 1 aromatic heterocycles. The fourth-order valence-corrected chi connectivity index (χ4v) is 2.95. The van der Waals surface area contributed by atoms with E-state index in [0.29, 0.717) is 21.6 Å². The van der Waals surface area contributed by atoms with Gasteiger partial charge in [-0.15, -0.1) is 11.8 Å². The van der Waals surface area contributed by atoms with Crippen molar-refractivity contribution in [3.63, 3.8) is 0 Å². The van der Waals surface area contributed by atoms with E-state index in [0.717, 1.165) is 16.2 Å². The molecular weight excluding hydrogens is 303 g/mol. The van der Waals surface area contributed by atoms with Crippen LogP contribution < -0.4 is 10.5 Å². The third-order valence-electron chi connectivity index (χ3n) is 2.50. The zero-order valence-corrected chi connectivity index (χ0v) is 12.5. The number of pyridine rings is 1. The predicted molar refractivity (Wildman–Crippen MR) is 81.2 cm³/mol. The summed E-state index contributed by atoms with van der Waals surface area (Å²) in [5.74, 6) is 1.44. The molecule has 2 N–H and O–H groups in total. The zero-order chi connectivity index (χ0) is 13.8. The van der Waals surface area contributed by atoms with Gasteiger partial charge >= 0.3 is 0 Å². The lowest BCUT2D eigenvalue weighted by Gasteiger charge is -2.08. The van der Waals surface area contributed by atoms with Crippen molar-refractivity contribution in [3.05, 3.63) is 46.2 Å². The number of methoxy groups -OCH3 is 1. The number of hydrogen-bond donors (Lipinski definition) is 1. The van der Waals surface area contributed by atoms with E-state index in [-0.39, 0.29) is 0 Å². The van der Waals surface area contributed by atoms with Crippen LogP contribution in [0.1, 0.15) is 5.56 Å². The third-order valence-corrected chi connectivity index (χ3v) is 4.18. The number of rotatable bonds is 4. The van der Waals surface area contributed by atoms with Crippen LogP contribution in [0.15, 0.2) is 35.4 Å². The van der Waals surface area contributed by atoms with Gasteiger partial charge in [0.1, 0.15) is 10.9 Å². The first-order chi connectivity index (χ1) is 9.10. The van der Waals surface area contributed by atoms with Gasteiger partial charge in [-0.2, -0.15) is 0 Å². The second kappa shape index (κ2) is 6.37. The second-order valence-electron chi connectivity index (χ2n) is 3.79. The highest BCUT2D eigenvalue weighted by Crippen LogP contribution is 2.33. The molecule has 0 bridgehead atoms. The van der Waals surface area contributed by atoms with Crippen LogP contribution >= 0.6 is 35.0 Å². The highest BCUT2D eigenvalue weighted by atomic mass is 35.5. The molecule has 0 radical (unpaired) electrons. The van der Waals surface area contributed by atoms with Gasteiger partial charge in [-0.25, -0.2) is 4.98 Å². The molecule has 0 unspecified atom stereocenters. The molecule has 0 saturated carbocycles. The second-order valence-corrected chi connectivity index (χ2v) is 5.60. The number of nitrogens with two attached hydrogens (primary N) is 1. The Morgan fingerprint density at radius 1 is 1.32 bits per heavy atom. The average molecular weight is 315 g/mol. The highest BCUT2D eigenvalue weighted by Gasteiger charge is 2.06. The normalized spacial score (nSPS) is 10.5. The monoisotopic (exact) mass is 314 g/mol. The lowest BCUT2D eigenvalue weighted by molar-refractivity contribution is 0.414. The van der Waals surface area contributed by atoms with E-state index in [4.69, 9.17) is 33.7 Å². The number of aromatic nitrogens is 1. The van der Waals surface area contributed by atoms with Crippen molar-refractivity contribution in [2.75, 3.05) is 12.8 Å². The van der Waals surface area contributed by atoms with E-state index in [9.17, 15) is 0 Å². The Morgan fingerprint density at radius 2 is 2.11 bits per heavy atom. The van der Waals surface area contributed by atoms with Gasteiger partial charge in [-0.05, 0) is 29.8 Å². The summed E-state index contributed by atoms with van der Waals surface area (Å²) in [6.07, 6.45) is 1.67. The van der Waals surface area contributed by atoms with Crippen LogP contribution in [-0.4, -0.2) is 12.1 Å². The third kappa shape index (κ3) is 3.69. The van der Waals surface area contributed by atoms with Crippen LogP contribution in [0.2, 0.25) is 10.2 Å². The fraction of sp³-hybridized carbons (Fsp3) is 0.154. The number of hydrogen-bond acceptors (Lipinski definition) is 4. The Morgan fingerprint density at radius 3 is 2.79 bits per heavy atom. The summed E-state index contributed by atoms with van der Waals surface area (Å²) in [5.41, 5.74) is 7.55. The Bertz CT molecular complexity index is 593. The maximum absolute atomic E-state index is 6.10. The van der Waals surface area contributed by atoms with Crippen LogP contribution in [0.5, 0.6) is 5.75 Å². The van der Waals surface area contributed by atoms with Crippen molar-refractivity contribution in [1.29, 1.82) is 0 Å². The van der Waals surface area contributed by atoms with Crippen LogP contribution in [0.25, 0.3) is 0 Å². The topological polar surface area (TPSA) is 48.1 Å². The molecule has 0 saturated heterocycles. The van der Waals surface area contributed by atoms with E-state index in [1.54, 1.807) is 31.1 Å². The Hall–Kier alpha value is -1.10.